The standard InChI is InChI=1S/C16H25NO4/c1-20-10-11-21-9-3-2-8-17-13-15-6-4-14(5-7-15)12-16(18)19/h4-7,17H,2-3,8-13H2,1H3,(H,18,19). The fraction of sp³-hybridized carbons (Fsp3) is 0.562. The largest absolute Gasteiger partial charge is 0.481 e. The molecule has 0 amide bonds. The van der Waals surface area contributed by atoms with Crippen molar-refractivity contribution in [2.24, 2.45) is 0 Å². The van der Waals surface area contributed by atoms with Gasteiger partial charge in [0, 0.05) is 20.3 Å². The zero-order valence-corrected chi connectivity index (χ0v) is 12.6. The van der Waals surface area contributed by atoms with Crippen LogP contribution in [-0.4, -0.2) is 44.6 Å². The van der Waals surface area contributed by atoms with E-state index in [0.717, 1.165) is 38.1 Å². The highest BCUT2D eigenvalue weighted by molar-refractivity contribution is 5.70. The zero-order chi connectivity index (χ0) is 15.3. The molecule has 2 N–H and O–H groups in total. The van der Waals surface area contributed by atoms with Crippen LogP contribution >= 0.6 is 0 Å². The number of carboxylic acid groups (broad SMARTS) is 1. The number of aliphatic carboxylic acids is 1. The van der Waals surface area contributed by atoms with Gasteiger partial charge in [-0.3, -0.25) is 4.79 Å². The van der Waals surface area contributed by atoms with E-state index in [1.54, 1.807) is 7.11 Å². The zero-order valence-electron chi connectivity index (χ0n) is 12.6. The van der Waals surface area contributed by atoms with Crippen LogP contribution < -0.4 is 5.32 Å². The van der Waals surface area contributed by atoms with Gasteiger partial charge in [0.15, 0.2) is 0 Å². The van der Waals surface area contributed by atoms with Crippen molar-refractivity contribution in [1.82, 2.24) is 5.32 Å². The smallest absolute Gasteiger partial charge is 0.307 e. The minimum absolute atomic E-state index is 0.0801. The van der Waals surface area contributed by atoms with Crippen molar-refractivity contribution in [2.75, 3.05) is 33.5 Å². The molecule has 0 saturated heterocycles. The van der Waals surface area contributed by atoms with Gasteiger partial charge in [-0.05, 0) is 30.5 Å². The van der Waals surface area contributed by atoms with Gasteiger partial charge in [-0.15, -0.1) is 0 Å². The van der Waals surface area contributed by atoms with Gasteiger partial charge >= 0.3 is 5.97 Å². The molecule has 118 valence electrons. The summed E-state index contributed by atoms with van der Waals surface area (Å²) in [6.07, 6.45) is 2.19. The van der Waals surface area contributed by atoms with Crippen LogP contribution in [0.15, 0.2) is 24.3 Å². The topological polar surface area (TPSA) is 67.8 Å². The van der Waals surface area contributed by atoms with Crippen LogP contribution in [0, 0.1) is 0 Å². The summed E-state index contributed by atoms with van der Waals surface area (Å²) >= 11 is 0. The highest BCUT2D eigenvalue weighted by atomic mass is 16.5. The third-order valence-electron chi connectivity index (χ3n) is 3.03. The monoisotopic (exact) mass is 295 g/mol. The van der Waals surface area contributed by atoms with E-state index >= 15 is 0 Å². The first-order chi connectivity index (χ1) is 10.2. The van der Waals surface area contributed by atoms with E-state index in [1.165, 1.54) is 5.56 Å². The molecule has 0 aromatic heterocycles. The molecule has 0 saturated carbocycles. The number of ether oxygens (including phenoxy) is 2. The van der Waals surface area contributed by atoms with Crippen LogP contribution in [0.4, 0.5) is 0 Å². The van der Waals surface area contributed by atoms with Gasteiger partial charge in [-0.2, -0.15) is 0 Å². The van der Waals surface area contributed by atoms with Gasteiger partial charge in [-0.25, -0.2) is 0 Å². The average molecular weight is 295 g/mol. The summed E-state index contributed by atoms with van der Waals surface area (Å²) in [5, 5.41) is 12.1. The molecule has 5 nitrogen and oxygen atoms in total. The summed E-state index contributed by atoms with van der Waals surface area (Å²) in [6, 6.07) is 7.68. The van der Waals surface area contributed by atoms with Gasteiger partial charge in [0.1, 0.15) is 0 Å². The Bertz CT molecular complexity index is 392. The number of carboxylic acids is 1. The van der Waals surface area contributed by atoms with E-state index in [1.807, 2.05) is 24.3 Å². The second-order valence-corrected chi connectivity index (χ2v) is 4.88. The molecular weight excluding hydrogens is 270 g/mol. The number of hydrogen-bond acceptors (Lipinski definition) is 4. The second kappa shape index (κ2) is 11.3. The highest BCUT2D eigenvalue weighted by Crippen LogP contribution is 2.05. The molecule has 0 unspecified atom stereocenters. The maximum atomic E-state index is 10.6. The summed E-state index contributed by atoms with van der Waals surface area (Å²) in [6.45, 7) is 3.83. The SMILES string of the molecule is COCCOCCCCNCc1ccc(CC(=O)O)cc1. The van der Waals surface area contributed by atoms with Crippen molar-refractivity contribution < 1.29 is 19.4 Å². The quantitative estimate of drug-likeness (QED) is 0.576. The molecule has 1 aromatic carbocycles. The van der Waals surface area contributed by atoms with Crippen molar-refractivity contribution in [3.63, 3.8) is 0 Å². The number of benzene rings is 1. The average Bonchev–Trinajstić information content (AvgIpc) is 2.47. The third-order valence-corrected chi connectivity index (χ3v) is 3.03. The normalized spacial score (nSPS) is 10.7. The Labute approximate surface area is 126 Å². The molecule has 0 radical (unpaired) electrons. The van der Waals surface area contributed by atoms with Crippen LogP contribution in [0.2, 0.25) is 0 Å². The minimum Gasteiger partial charge on any atom is -0.481 e. The molecule has 0 bridgehead atoms. The lowest BCUT2D eigenvalue weighted by atomic mass is 10.1. The molecule has 0 atom stereocenters. The van der Waals surface area contributed by atoms with Crippen LogP contribution in [0.1, 0.15) is 24.0 Å². The molecule has 0 heterocycles. The maximum absolute atomic E-state index is 10.6. The molecule has 21 heavy (non-hydrogen) atoms. The number of hydrogen-bond donors (Lipinski definition) is 2. The first kappa shape index (κ1) is 17.6. The predicted octanol–water partition coefficient (Wildman–Crippen LogP) is 1.85. The number of unbranched alkanes of at least 4 members (excludes halogenated alkanes) is 1. The molecule has 0 fully saturated rings. The van der Waals surface area contributed by atoms with Gasteiger partial charge in [0.25, 0.3) is 0 Å². The number of rotatable bonds is 12. The fourth-order valence-electron chi connectivity index (χ4n) is 1.88. The summed E-state index contributed by atoms with van der Waals surface area (Å²) in [7, 11) is 1.67. The van der Waals surface area contributed by atoms with Crippen molar-refractivity contribution in [3.05, 3.63) is 35.4 Å². The lowest BCUT2D eigenvalue weighted by Crippen LogP contribution is -2.15. The fourth-order valence-corrected chi connectivity index (χ4v) is 1.88. The van der Waals surface area contributed by atoms with Gasteiger partial charge < -0.3 is 19.9 Å². The van der Waals surface area contributed by atoms with Crippen LogP contribution in [0.5, 0.6) is 0 Å². The maximum Gasteiger partial charge on any atom is 0.307 e. The Morgan fingerprint density at radius 3 is 2.48 bits per heavy atom. The summed E-state index contributed by atoms with van der Waals surface area (Å²) in [5.74, 6) is -0.798. The highest BCUT2D eigenvalue weighted by Gasteiger charge is 2.00. The van der Waals surface area contributed by atoms with Gasteiger partial charge in [-0.1, -0.05) is 24.3 Å². The molecule has 0 spiro atoms. The summed E-state index contributed by atoms with van der Waals surface area (Å²) in [5.41, 5.74) is 2.00. The van der Waals surface area contributed by atoms with E-state index in [2.05, 4.69) is 5.32 Å². The number of carbonyl (C=O) groups is 1. The molecule has 5 heteroatoms. The van der Waals surface area contributed by atoms with E-state index in [0.29, 0.717) is 13.2 Å². The van der Waals surface area contributed by atoms with E-state index < -0.39 is 5.97 Å². The van der Waals surface area contributed by atoms with Gasteiger partial charge in [0.05, 0.1) is 19.6 Å². The van der Waals surface area contributed by atoms with E-state index in [4.69, 9.17) is 14.6 Å². The van der Waals surface area contributed by atoms with Crippen molar-refractivity contribution >= 4 is 5.97 Å². The van der Waals surface area contributed by atoms with Crippen molar-refractivity contribution in [1.29, 1.82) is 0 Å². The van der Waals surface area contributed by atoms with Crippen molar-refractivity contribution in [3.8, 4) is 0 Å². The molecule has 0 aliphatic carbocycles. The Balaban J connectivity index is 2.03. The van der Waals surface area contributed by atoms with Crippen molar-refractivity contribution in [2.45, 2.75) is 25.8 Å². The first-order valence-corrected chi connectivity index (χ1v) is 7.29. The molecule has 1 aromatic rings. The Morgan fingerprint density at radius 2 is 1.81 bits per heavy atom. The van der Waals surface area contributed by atoms with E-state index in [-0.39, 0.29) is 6.42 Å². The van der Waals surface area contributed by atoms with Gasteiger partial charge in [0.2, 0.25) is 0 Å². The minimum atomic E-state index is -0.798. The summed E-state index contributed by atoms with van der Waals surface area (Å²) < 4.78 is 10.3. The Morgan fingerprint density at radius 1 is 1.10 bits per heavy atom. The molecule has 1 rings (SSSR count). The van der Waals surface area contributed by atoms with Crippen LogP contribution in [0.25, 0.3) is 0 Å². The Hall–Kier alpha value is -1.43. The van der Waals surface area contributed by atoms with Crippen LogP contribution in [0.3, 0.4) is 0 Å². The first-order valence-electron chi connectivity index (χ1n) is 7.29. The molecular formula is C16H25NO4. The molecule has 0 aliphatic rings. The second-order valence-electron chi connectivity index (χ2n) is 4.88. The Kier molecular flexibility index (Phi) is 9.44. The molecule has 0 aliphatic heterocycles. The van der Waals surface area contributed by atoms with Crippen LogP contribution in [-0.2, 0) is 27.2 Å². The third kappa shape index (κ3) is 9.18. The lowest BCUT2D eigenvalue weighted by molar-refractivity contribution is -0.136. The summed E-state index contributed by atoms with van der Waals surface area (Å²) in [4.78, 5) is 10.6. The van der Waals surface area contributed by atoms with E-state index in [9.17, 15) is 4.79 Å². The number of methoxy groups -OCH3 is 1. The number of nitrogens with one attached hydrogen (secondary N) is 1. The predicted molar refractivity (Wildman–Crippen MR) is 81.4 cm³/mol. The lowest BCUT2D eigenvalue weighted by Gasteiger charge is -2.06.